The number of nitrogens with one attached hydrogen (secondary N) is 2. The number of carbonyl (C=O) groups is 4. The normalized spacial score (nSPS) is 13.7. The Labute approximate surface area is 178 Å². The van der Waals surface area contributed by atoms with Crippen LogP contribution < -0.4 is 16.4 Å². The second kappa shape index (κ2) is 12.7. The summed E-state index contributed by atoms with van der Waals surface area (Å²) in [5.74, 6) is -3.27. The van der Waals surface area contributed by atoms with Gasteiger partial charge >= 0.3 is 11.9 Å². The number of phenols is 1. The topological polar surface area (TPSA) is 179 Å². The highest BCUT2D eigenvalue weighted by Crippen LogP contribution is 2.11. The smallest absolute Gasteiger partial charge is 0.326 e. The first-order valence-electron chi connectivity index (χ1n) is 9.21. The molecule has 3 unspecified atom stereocenters. The number of phenolic OH excluding ortho intramolecular Hbond substituents is 1. The molecule has 0 aliphatic heterocycles. The Hall–Kier alpha value is -2.79. The summed E-state index contributed by atoms with van der Waals surface area (Å²) in [6, 6.07) is 2.67. The lowest BCUT2D eigenvalue weighted by atomic mass is 10.0. The highest BCUT2D eigenvalue weighted by Gasteiger charge is 2.28. The van der Waals surface area contributed by atoms with E-state index >= 15 is 0 Å². The van der Waals surface area contributed by atoms with Crippen molar-refractivity contribution < 1.29 is 34.5 Å². The molecule has 0 radical (unpaired) electrons. The number of rotatable bonds is 13. The fourth-order valence-electron chi connectivity index (χ4n) is 2.56. The molecule has 0 spiro atoms. The molecule has 0 bridgehead atoms. The molecule has 166 valence electrons. The second-order valence-electron chi connectivity index (χ2n) is 6.65. The molecule has 2 amide bonds. The molecule has 3 atom stereocenters. The van der Waals surface area contributed by atoms with Gasteiger partial charge in [-0.2, -0.15) is 11.8 Å². The summed E-state index contributed by atoms with van der Waals surface area (Å²) in [4.78, 5) is 47.2. The van der Waals surface area contributed by atoms with Gasteiger partial charge in [-0.1, -0.05) is 12.1 Å². The Balaban J connectivity index is 2.80. The molecule has 1 aromatic carbocycles. The highest BCUT2D eigenvalue weighted by atomic mass is 32.2. The number of benzene rings is 1. The van der Waals surface area contributed by atoms with E-state index in [0.29, 0.717) is 11.3 Å². The van der Waals surface area contributed by atoms with Crippen molar-refractivity contribution in [2.24, 2.45) is 5.73 Å². The Morgan fingerprint density at radius 1 is 1.00 bits per heavy atom. The number of nitrogens with two attached hydrogens (primary N) is 1. The molecule has 10 nitrogen and oxygen atoms in total. The number of hydrogen-bond donors (Lipinski definition) is 6. The number of hydrogen-bond acceptors (Lipinski definition) is 7. The van der Waals surface area contributed by atoms with Gasteiger partial charge < -0.3 is 31.7 Å². The van der Waals surface area contributed by atoms with Crippen molar-refractivity contribution in [3.63, 3.8) is 0 Å². The molecule has 0 fully saturated rings. The van der Waals surface area contributed by atoms with Gasteiger partial charge in [0, 0.05) is 6.42 Å². The Morgan fingerprint density at radius 3 is 2.13 bits per heavy atom. The molecular formula is C19H27N3O7S. The summed E-state index contributed by atoms with van der Waals surface area (Å²) in [5.41, 5.74) is 6.57. The van der Waals surface area contributed by atoms with E-state index in [1.807, 2.05) is 0 Å². The van der Waals surface area contributed by atoms with E-state index in [1.54, 1.807) is 18.4 Å². The van der Waals surface area contributed by atoms with Crippen molar-refractivity contribution in [1.29, 1.82) is 0 Å². The first kappa shape index (κ1) is 25.2. The van der Waals surface area contributed by atoms with Gasteiger partial charge in [0.15, 0.2) is 0 Å². The summed E-state index contributed by atoms with van der Waals surface area (Å²) in [5, 5.41) is 32.2. The standard InChI is InChI=1S/C19H27N3O7S/c1-30-9-8-15(19(28)29)22-18(27)14(6-7-16(24)25)21-17(26)13(20)10-11-2-4-12(23)5-3-11/h2-5,13-15,23H,6-10,20H2,1H3,(H,21,26)(H,22,27)(H,24,25)(H,28,29). The van der Waals surface area contributed by atoms with Gasteiger partial charge in [0.1, 0.15) is 17.8 Å². The van der Waals surface area contributed by atoms with Crippen LogP contribution in [0, 0.1) is 0 Å². The van der Waals surface area contributed by atoms with Crippen LogP contribution in [0.3, 0.4) is 0 Å². The molecule has 1 aromatic rings. The molecule has 0 aliphatic carbocycles. The van der Waals surface area contributed by atoms with Crippen LogP contribution in [0.1, 0.15) is 24.8 Å². The summed E-state index contributed by atoms with van der Waals surface area (Å²) in [6.07, 6.45) is 1.50. The summed E-state index contributed by atoms with van der Waals surface area (Å²) in [6.45, 7) is 0. The first-order valence-corrected chi connectivity index (χ1v) is 10.6. The van der Waals surface area contributed by atoms with Gasteiger partial charge in [-0.15, -0.1) is 0 Å². The number of carboxylic acid groups (broad SMARTS) is 2. The van der Waals surface area contributed by atoms with Crippen molar-refractivity contribution in [3.8, 4) is 5.75 Å². The van der Waals surface area contributed by atoms with E-state index in [9.17, 15) is 29.4 Å². The lowest BCUT2D eigenvalue weighted by molar-refractivity contribution is -0.143. The van der Waals surface area contributed by atoms with Crippen molar-refractivity contribution in [2.45, 2.75) is 43.8 Å². The molecular weight excluding hydrogens is 414 g/mol. The Morgan fingerprint density at radius 2 is 1.60 bits per heavy atom. The SMILES string of the molecule is CSCCC(NC(=O)C(CCC(=O)O)NC(=O)C(N)Cc1ccc(O)cc1)C(=O)O. The maximum Gasteiger partial charge on any atom is 0.326 e. The van der Waals surface area contributed by atoms with Crippen LogP contribution in [0.5, 0.6) is 5.75 Å². The van der Waals surface area contributed by atoms with E-state index < -0.39 is 48.3 Å². The predicted molar refractivity (Wildman–Crippen MR) is 111 cm³/mol. The van der Waals surface area contributed by atoms with Crippen molar-refractivity contribution >= 4 is 35.5 Å². The van der Waals surface area contributed by atoms with Gasteiger partial charge in [-0.05, 0) is 49.0 Å². The lowest BCUT2D eigenvalue weighted by Gasteiger charge is -2.22. The second-order valence-corrected chi connectivity index (χ2v) is 7.64. The van der Waals surface area contributed by atoms with Crippen LogP contribution in [0.4, 0.5) is 0 Å². The third kappa shape index (κ3) is 9.14. The van der Waals surface area contributed by atoms with Crippen LogP contribution in [0.15, 0.2) is 24.3 Å². The zero-order chi connectivity index (χ0) is 22.7. The fourth-order valence-corrected chi connectivity index (χ4v) is 3.03. The average molecular weight is 442 g/mol. The third-order valence-electron chi connectivity index (χ3n) is 4.23. The van der Waals surface area contributed by atoms with Crippen LogP contribution >= 0.6 is 11.8 Å². The van der Waals surface area contributed by atoms with Crippen molar-refractivity contribution in [2.75, 3.05) is 12.0 Å². The van der Waals surface area contributed by atoms with Crippen LogP contribution in [-0.2, 0) is 25.6 Å². The zero-order valence-electron chi connectivity index (χ0n) is 16.5. The average Bonchev–Trinajstić information content (AvgIpc) is 2.69. The molecule has 7 N–H and O–H groups in total. The maximum absolute atomic E-state index is 12.5. The quantitative estimate of drug-likeness (QED) is 0.244. The molecule has 0 aromatic heterocycles. The number of aliphatic carboxylic acids is 2. The number of carbonyl (C=O) groups excluding carboxylic acids is 2. The number of thioether (sulfide) groups is 1. The number of aromatic hydroxyl groups is 1. The van der Waals surface area contributed by atoms with E-state index in [2.05, 4.69) is 10.6 Å². The van der Waals surface area contributed by atoms with Crippen LogP contribution in [0.25, 0.3) is 0 Å². The van der Waals surface area contributed by atoms with E-state index in [-0.39, 0.29) is 25.0 Å². The minimum atomic E-state index is -1.24. The Bertz CT molecular complexity index is 742. The van der Waals surface area contributed by atoms with E-state index in [1.165, 1.54) is 23.9 Å². The minimum Gasteiger partial charge on any atom is -0.508 e. The maximum atomic E-state index is 12.5. The monoisotopic (exact) mass is 441 g/mol. The first-order chi connectivity index (χ1) is 14.1. The molecule has 11 heteroatoms. The largest absolute Gasteiger partial charge is 0.508 e. The van der Waals surface area contributed by atoms with Gasteiger partial charge in [-0.25, -0.2) is 4.79 Å². The summed E-state index contributed by atoms with van der Waals surface area (Å²) in [7, 11) is 0. The van der Waals surface area contributed by atoms with E-state index in [0.717, 1.165) is 0 Å². The van der Waals surface area contributed by atoms with Crippen LogP contribution in [0.2, 0.25) is 0 Å². The minimum absolute atomic E-state index is 0.0663. The zero-order valence-corrected chi connectivity index (χ0v) is 17.4. The van der Waals surface area contributed by atoms with Gasteiger partial charge in [0.2, 0.25) is 11.8 Å². The molecule has 0 saturated carbocycles. The molecule has 0 aliphatic rings. The number of amides is 2. The molecule has 30 heavy (non-hydrogen) atoms. The summed E-state index contributed by atoms with van der Waals surface area (Å²) < 4.78 is 0. The fraction of sp³-hybridized carbons (Fsp3) is 0.474. The molecule has 0 saturated heterocycles. The van der Waals surface area contributed by atoms with Crippen molar-refractivity contribution in [3.05, 3.63) is 29.8 Å². The Kier molecular flexibility index (Phi) is 10.7. The van der Waals surface area contributed by atoms with Crippen molar-refractivity contribution in [1.82, 2.24) is 10.6 Å². The van der Waals surface area contributed by atoms with Gasteiger partial charge in [0.25, 0.3) is 0 Å². The highest BCUT2D eigenvalue weighted by molar-refractivity contribution is 7.98. The van der Waals surface area contributed by atoms with Gasteiger partial charge in [0.05, 0.1) is 6.04 Å². The van der Waals surface area contributed by atoms with Crippen LogP contribution in [-0.4, -0.2) is 69.2 Å². The lowest BCUT2D eigenvalue weighted by Crippen LogP contribution is -2.55. The van der Waals surface area contributed by atoms with Gasteiger partial charge in [-0.3, -0.25) is 14.4 Å². The predicted octanol–water partition coefficient (Wildman–Crippen LogP) is -0.0659. The molecule has 1 rings (SSSR count). The number of carboxylic acids is 2. The summed E-state index contributed by atoms with van der Waals surface area (Å²) >= 11 is 1.42. The van der Waals surface area contributed by atoms with E-state index in [4.69, 9.17) is 10.8 Å². The molecule has 0 heterocycles. The third-order valence-corrected chi connectivity index (χ3v) is 4.88.